The van der Waals surface area contributed by atoms with Gasteiger partial charge >= 0.3 is 0 Å². The van der Waals surface area contributed by atoms with E-state index in [1.807, 2.05) is 20.8 Å². The number of ether oxygens (including phenoxy) is 1. The van der Waals surface area contributed by atoms with Gasteiger partial charge in [0.1, 0.15) is 5.52 Å². The maximum atomic E-state index is 13.7. The fraction of sp³-hybridized carbons (Fsp3) is 0.333. The molecule has 5 heteroatoms. The van der Waals surface area contributed by atoms with Gasteiger partial charge in [-0.05, 0) is 32.9 Å². The predicted molar refractivity (Wildman–Crippen MR) is 77.2 cm³/mol. The summed E-state index contributed by atoms with van der Waals surface area (Å²) in [6.07, 6.45) is 1.79. The molecule has 0 atom stereocenters. The van der Waals surface area contributed by atoms with Gasteiger partial charge in [0.15, 0.2) is 11.4 Å². The lowest BCUT2D eigenvalue weighted by atomic mass is 10.2. The quantitative estimate of drug-likeness (QED) is 0.632. The van der Waals surface area contributed by atoms with E-state index in [1.54, 1.807) is 18.2 Å². The SMILES string of the molecule is C/C=C(\C(=NC(C)C)OC)c1nc2c(F)cccc2o1. The number of hydrogen-bond donors (Lipinski definition) is 0. The van der Waals surface area contributed by atoms with Gasteiger partial charge in [-0.25, -0.2) is 14.4 Å². The van der Waals surface area contributed by atoms with Crippen molar-refractivity contribution in [1.29, 1.82) is 0 Å². The lowest BCUT2D eigenvalue weighted by Crippen LogP contribution is -2.08. The van der Waals surface area contributed by atoms with Crippen LogP contribution in [0.1, 0.15) is 26.7 Å². The molecule has 0 unspecified atom stereocenters. The zero-order valence-corrected chi connectivity index (χ0v) is 12.0. The van der Waals surface area contributed by atoms with Gasteiger partial charge in [0.2, 0.25) is 11.8 Å². The van der Waals surface area contributed by atoms with Gasteiger partial charge in [0, 0.05) is 6.04 Å². The first kappa shape index (κ1) is 14.2. The Morgan fingerprint density at radius 2 is 2.20 bits per heavy atom. The van der Waals surface area contributed by atoms with Gasteiger partial charge in [-0.3, -0.25) is 0 Å². The summed E-state index contributed by atoms with van der Waals surface area (Å²) in [4.78, 5) is 8.56. The molecule has 0 spiro atoms. The fourth-order valence-corrected chi connectivity index (χ4v) is 1.84. The lowest BCUT2D eigenvalue weighted by Gasteiger charge is -2.07. The first-order chi connectivity index (χ1) is 9.56. The Labute approximate surface area is 117 Å². The normalized spacial score (nSPS) is 13.3. The molecule has 0 saturated heterocycles. The zero-order chi connectivity index (χ0) is 14.7. The molecule has 106 valence electrons. The highest BCUT2D eigenvalue weighted by atomic mass is 19.1. The Bertz CT molecular complexity index is 672. The van der Waals surface area contributed by atoms with Gasteiger partial charge in [-0.1, -0.05) is 12.1 Å². The van der Waals surface area contributed by atoms with Gasteiger partial charge in [-0.15, -0.1) is 0 Å². The maximum absolute atomic E-state index is 13.7. The van der Waals surface area contributed by atoms with E-state index in [4.69, 9.17) is 9.15 Å². The number of nitrogens with zero attached hydrogens (tertiary/aromatic N) is 2. The number of para-hydroxylation sites is 1. The molecule has 0 aliphatic carbocycles. The van der Waals surface area contributed by atoms with Crippen molar-refractivity contribution in [3.63, 3.8) is 0 Å². The Balaban J connectivity index is 2.53. The Kier molecular flexibility index (Phi) is 4.17. The summed E-state index contributed by atoms with van der Waals surface area (Å²) in [5.74, 6) is 0.316. The van der Waals surface area contributed by atoms with E-state index >= 15 is 0 Å². The summed E-state index contributed by atoms with van der Waals surface area (Å²) in [6, 6.07) is 4.68. The molecule has 1 heterocycles. The molecule has 0 aliphatic heterocycles. The van der Waals surface area contributed by atoms with Crippen molar-refractivity contribution in [3.8, 4) is 0 Å². The van der Waals surface area contributed by atoms with Crippen molar-refractivity contribution in [2.75, 3.05) is 7.11 Å². The van der Waals surface area contributed by atoms with Crippen molar-refractivity contribution in [1.82, 2.24) is 4.98 Å². The topological polar surface area (TPSA) is 47.6 Å². The van der Waals surface area contributed by atoms with Crippen LogP contribution in [0, 0.1) is 5.82 Å². The molecule has 2 rings (SSSR count). The summed E-state index contributed by atoms with van der Waals surface area (Å²) >= 11 is 0. The van der Waals surface area contributed by atoms with Crippen LogP contribution in [0.15, 0.2) is 33.7 Å². The van der Waals surface area contributed by atoms with Crippen molar-refractivity contribution >= 4 is 22.6 Å². The number of methoxy groups -OCH3 is 1. The molecule has 2 aromatic rings. The third-order valence-corrected chi connectivity index (χ3v) is 2.69. The van der Waals surface area contributed by atoms with Crippen LogP contribution in [0.2, 0.25) is 0 Å². The Morgan fingerprint density at radius 3 is 2.75 bits per heavy atom. The number of oxazole rings is 1. The largest absolute Gasteiger partial charge is 0.481 e. The second-order valence-corrected chi connectivity index (χ2v) is 4.54. The molecule has 0 amide bonds. The minimum atomic E-state index is -0.410. The summed E-state index contributed by atoms with van der Waals surface area (Å²) in [5, 5.41) is 0. The Morgan fingerprint density at radius 1 is 1.45 bits per heavy atom. The monoisotopic (exact) mass is 276 g/mol. The molecule has 0 aliphatic rings. The highest BCUT2D eigenvalue weighted by Gasteiger charge is 2.18. The van der Waals surface area contributed by atoms with E-state index in [9.17, 15) is 4.39 Å². The van der Waals surface area contributed by atoms with Crippen molar-refractivity contribution in [2.24, 2.45) is 4.99 Å². The number of aliphatic imine (C=N–C) groups is 1. The standard InChI is InChI=1S/C15H17FN2O2/c1-5-10(14(19-4)17-9(2)3)15-18-13-11(16)7-6-8-12(13)20-15/h5-9H,1-4H3/b10-5+,17-14?. The van der Waals surface area contributed by atoms with Crippen molar-refractivity contribution in [3.05, 3.63) is 36.0 Å². The van der Waals surface area contributed by atoms with Crippen LogP contribution in [0.5, 0.6) is 0 Å². The molecule has 1 aromatic heterocycles. The summed E-state index contributed by atoms with van der Waals surface area (Å²) < 4.78 is 24.5. The third-order valence-electron chi connectivity index (χ3n) is 2.69. The second-order valence-electron chi connectivity index (χ2n) is 4.54. The van der Waals surface area contributed by atoms with Crippen molar-refractivity contribution in [2.45, 2.75) is 26.8 Å². The van der Waals surface area contributed by atoms with Crippen LogP contribution in [0.4, 0.5) is 4.39 Å². The van der Waals surface area contributed by atoms with E-state index in [2.05, 4.69) is 9.98 Å². The van der Waals surface area contributed by atoms with Crippen LogP contribution < -0.4 is 0 Å². The zero-order valence-electron chi connectivity index (χ0n) is 12.0. The molecule has 0 N–H and O–H groups in total. The first-order valence-electron chi connectivity index (χ1n) is 6.40. The maximum Gasteiger partial charge on any atom is 0.232 e. The van der Waals surface area contributed by atoms with E-state index < -0.39 is 5.82 Å². The average Bonchev–Trinajstić information content (AvgIpc) is 2.83. The van der Waals surface area contributed by atoms with Crippen LogP contribution in [0.25, 0.3) is 16.7 Å². The van der Waals surface area contributed by atoms with Gasteiger partial charge in [-0.2, -0.15) is 0 Å². The number of hydrogen-bond acceptors (Lipinski definition) is 4. The van der Waals surface area contributed by atoms with Crippen molar-refractivity contribution < 1.29 is 13.5 Å². The average molecular weight is 276 g/mol. The smallest absolute Gasteiger partial charge is 0.232 e. The second kappa shape index (κ2) is 5.86. The number of aromatic nitrogens is 1. The molecule has 0 bridgehead atoms. The van der Waals surface area contributed by atoms with E-state index in [0.717, 1.165) is 0 Å². The van der Waals surface area contributed by atoms with Crippen LogP contribution in [-0.2, 0) is 4.74 Å². The number of fused-ring (bicyclic) bond motifs is 1. The fourth-order valence-electron chi connectivity index (χ4n) is 1.84. The van der Waals surface area contributed by atoms with E-state index in [1.165, 1.54) is 13.2 Å². The molecular formula is C15H17FN2O2. The molecule has 0 saturated carbocycles. The molecule has 0 fully saturated rings. The number of halogens is 1. The van der Waals surface area contributed by atoms with Gasteiger partial charge in [0.05, 0.1) is 12.7 Å². The van der Waals surface area contributed by atoms with Crippen LogP contribution in [-0.4, -0.2) is 24.0 Å². The van der Waals surface area contributed by atoms with Gasteiger partial charge < -0.3 is 9.15 Å². The molecular weight excluding hydrogens is 259 g/mol. The van der Waals surface area contributed by atoms with Crippen LogP contribution >= 0.6 is 0 Å². The molecule has 1 aromatic carbocycles. The summed E-state index contributed by atoms with van der Waals surface area (Å²) in [7, 11) is 1.54. The van der Waals surface area contributed by atoms with E-state index in [0.29, 0.717) is 22.9 Å². The summed E-state index contributed by atoms with van der Waals surface area (Å²) in [6.45, 7) is 5.71. The minimum absolute atomic E-state index is 0.0704. The lowest BCUT2D eigenvalue weighted by molar-refractivity contribution is 0.403. The molecule has 0 radical (unpaired) electrons. The first-order valence-corrected chi connectivity index (χ1v) is 6.40. The Hall–Kier alpha value is -2.17. The highest BCUT2D eigenvalue weighted by Crippen LogP contribution is 2.24. The van der Waals surface area contributed by atoms with Crippen LogP contribution in [0.3, 0.4) is 0 Å². The molecule has 20 heavy (non-hydrogen) atoms. The van der Waals surface area contributed by atoms with E-state index in [-0.39, 0.29) is 11.6 Å². The number of rotatable bonds is 3. The number of allylic oxidation sites excluding steroid dienone is 1. The predicted octanol–water partition coefficient (Wildman–Crippen LogP) is 3.82. The number of benzene rings is 1. The summed E-state index contributed by atoms with van der Waals surface area (Å²) in [5.41, 5.74) is 1.22. The molecule has 4 nitrogen and oxygen atoms in total. The highest BCUT2D eigenvalue weighted by molar-refractivity contribution is 6.18. The minimum Gasteiger partial charge on any atom is -0.481 e. The third kappa shape index (κ3) is 2.71. The van der Waals surface area contributed by atoms with Gasteiger partial charge in [0.25, 0.3) is 0 Å².